The minimum absolute atomic E-state index is 0.640. The SMILES string of the molecule is CNc1nccc(NCCN2CCOCC2)n1. The number of aromatic nitrogens is 2. The normalized spacial score (nSPS) is 16.8. The lowest BCUT2D eigenvalue weighted by Crippen LogP contribution is -2.39. The van der Waals surface area contributed by atoms with Crippen LogP contribution < -0.4 is 10.6 Å². The molecule has 6 nitrogen and oxygen atoms in total. The Morgan fingerprint density at radius 2 is 2.24 bits per heavy atom. The summed E-state index contributed by atoms with van der Waals surface area (Å²) < 4.78 is 5.30. The molecule has 0 spiro atoms. The number of morpholine rings is 1. The van der Waals surface area contributed by atoms with Crippen LogP contribution in [0.5, 0.6) is 0 Å². The summed E-state index contributed by atoms with van der Waals surface area (Å²) in [5.74, 6) is 1.50. The van der Waals surface area contributed by atoms with E-state index in [-0.39, 0.29) is 0 Å². The number of hydrogen-bond acceptors (Lipinski definition) is 6. The minimum Gasteiger partial charge on any atom is -0.379 e. The summed E-state index contributed by atoms with van der Waals surface area (Å²) in [5, 5.41) is 6.21. The van der Waals surface area contributed by atoms with E-state index in [1.165, 1.54) is 0 Å². The Kier molecular flexibility index (Phi) is 4.52. The van der Waals surface area contributed by atoms with Gasteiger partial charge in [-0.15, -0.1) is 0 Å². The second kappa shape index (κ2) is 6.36. The van der Waals surface area contributed by atoms with Gasteiger partial charge < -0.3 is 15.4 Å². The molecule has 1 saturated heterocycles. The summed E-state index contributed by atoms with van der Waals surface area (Å²) >= 11 is 0. The smallest absolute Gasteiger partial charge is 0.224 e. The highest BCUT2D eigenvalue weighted by molar-refractivity contribution is 5.38. The highest BCUT2D eigenvalue weighted by Gasteiger charge is 2.09. The number of rotatable bonds is 5. The molecule has 6 heteroatoms. The van der Waals surface area contributed by atoms with Gasteiger partial charge in [-0.05, 0) is 6.07 Å². The van der Waals surface area contributed by atoms with E-state index in [0.29, 0.717) is 5.95 Å². The maximum Gasteiger partial charge on any atom is 0.224 e. The molecule has 1 fully saturated rings. The molecule has 2 N–H and O–H groups in total. The van der Waals surface area contributed by atoms with Gasteiger partial charge in [-0.25, -0.2) is 4.98 Å². The Morgan fingerprint density at radius 1 is 1.41 bits per heavy atom. The van der Waals surface area contributed by atoms with Gasteiger partial charge in [0.15, 0.2) is 0 Å². The Balaban J connectivity index is 1.73. The molecule has 0 aromatic carbocycles. The molecule has 1 aromatic heterocycles. The second-order valence-corrected chi connectivity index (χ2v) is 3.90. The van der Waals surface area contributed by atoms with E-state index < -0.39 is 0 Å². The van der Waals surface area contributed by atoms with Crippen LogP contribution in [-0.2, 0) is 4.74 Å². The van der Waals surface area contributed by atoms with Crippen LogP contribution >= 0.6 is 0 Å². The lowest BCUT2D eigenvalue weighted by atomic mass is 10.4. The van der Waals surface area contributed by atoms with Crippen LogP contribution in [0.15, 0.2) is 12.3 Å². The lowest BCUT2D eigenvalue weighted by molar-refractivity contribution is 0.0398. The van der Waals surface area contributed by atoms with E-state index in [4.69, 9.17) is 4.74 Å². The summed E-state index contributed by atoms with van der Waals surface area (Å²) in [5.41, 5.74) is 0. The van der Waals surface area contributed by atoms with Gasteiger partial charge in [0.25, 0.3) is 0 Å². The number of nitrogens with one attached hydrogen (secondary N) is 2. The quantitative estimate of drug-likeness (QED) is 0.766. The van der Waals surface area contributed by atoms with Crippen LogP contribution in [0.4, 0.5) is 11.8 Å². The van der Waals surface area contributed by atoms with Gasteiger partial charge in [0.2, 0.25) is 5.95 Å². The first-order valence-electron chi connectivity index (χ1n) is 5.93. The zero-order valence-corrected chi connectivity index (χ0v) is 10.1. The van der Waals surface area contributed by atoms with Crippen molar-refractivity contribution in [2.24, 2.45) is 0 Å². The number of anilines is 2. The molecular weight excluding hydrogens is 218 g/mol. The molecule has 1 aliphatic heterocycles. The first-order valence-corrected chi connectivity index (χ1v) is 5.93. The van der Waals surface area contributed by atoms with Crippen LogP contribution in [0.3, 0.4) is 0 Å². The van der Waals surface area contributed by atoms with Gasteiger partial charge >= 0.3 is 0 Å². The van der Waals surface area contributed by atoms with E-state index in [9.17, 15) is 0 Å². The zero-order valence-electron chi connectivity index (χ0n) is 10.1. The second-order valence-electron chi connectivity index (χ2n) is 3.90. The lowest BCUT2D eigenvalue weighted by Gasteiger charge is -2.26. The van der Waals surface area contributed by atoms with Crippen molar-refractivity contribution >= 4 is 11.8 Å². The van der Waals surface area contributed by atoms with Crippen molar-refractivity contribution in [3.63, 3.8) is 0 Å². The number of ether oxygens (including phenoxy) is 1. The molecule has 0 unspecified atom stereocenters. The van der Waals surface area contributed by atoms with Crippen molar-refractivity contribution < 1.29 is 4.74 Å². The molecule has 2 heterocycles. The van der Waals surface area contributed by atoms with Gasteiger partial charge in [-0.2, -0.15) is 4.98 Å². The molecule has 1 aromatic rings. The Morgan fingerprint density at radius 3 is 3.00 bits per heavy atom. The molecule has 0 saturated carbocycles. The average molecular weight is 237 g/mol. The fourth-order valence-corrected chi connectivity index (χ4v) is 1.74. The predicted octanol–water partition coefficient (Wildman–Crippen LogP) is 0.262. The third kappa shape index (κ3) is 3.83. The number of nitrogens with zero attached hydrogens (tertiary/aromatic N) is 3. The first-order chi connectivity index (χ1) is 8.38. The highest BCUT2D eigenvalue weighted by Crippen LogP contribution is 2.04. The van der Waals surface area contributed by atoms with Crippen molar-refractivity contribution in [3.8, 4) is 0 Å². The van der Waals surface area contributed by atoms with E-state index >= 15 is 0 Å². The van der Waals surface area contributed by atoms with Crippen molar-refractivity contribution in [3.05, 3.63) is 12.3 Å². The van der Waals surface area contributed by atoms with Crippen LogP contribution in [0, 0.1) is 0 Å². The van der Waals surface area contributed by atoms with E-state index in [2.05, 4.69) is 25.5 Å². The van der Waals surface area contributed by atoms with Gasteiger partial charge in [0, 0.05) is 39.4 Å². The molecule has 0 aliphatic carbocycles. The number of hydrogen-bond donors (Lipinski definition) is 2. The fraction of sp³-hybridized carbons (Fsp3) is 0.636. The van der Waals surface area contributed by atoms with E-state index in [0.717, 1.165) is 45.2 Å². The third-order valence-corrected chi connectivity index (χ3v) is 2.72. The molecule has 1 aliphatic rings. The Bertz CT molecular complexity index is 340. The molecule has 94 valence electrons. The summed E-state index contributed by atoms with van der Waals surface area (Å²) in [4.78, 5) is 10.7. The molecule has 17 heavy (non-hydrogen) atoms. The van der Waals surface area contributed by atoms with Crippen molar-refractivity contribution in [2.45, 2.75) is 0 Å². The molecule has 0 bridgehead atoms. The van der Waals surface area contributed by atoms with Crippen LogP contribution in [0.1, 0.15) is 0 Å². The van der Waals surface area contributed by atoms with E-state index in [1.807, 2.05) is 13.1 Å². The van der Waals surface area contributed by atoms with Crippen molar-refractivity contribution in [1.29, 1.82) is 0 Å². The molecule has 0 radical (unpaired) electrons. The highest BCUT2D eigenvalue weighted by atomic mass is 16.5. The van der Waals surface area contributed by atoms with Crippen LogP contribution in [0.2, 0.25) is 0 Å². The predicted molar refractivity (Wildman–Crippen MR) is 67.3 cm³/mol. The third-order valence-electron chi connectivity index (χ3n) is 2.72. The summed E-state index contributed by atoms with van der Waals surface area (Å²) in [6.45, 7) is 5.64. The first kappa shape index (κ1) is 12.1. The summed E-state index contributed by atoms with van der Waals surface area (Å²) in [6.07, 6.45) is 1.75. The van der Waals surface area contributed by atoms with Gasteiger partial charge in [-0.3, -0.25) is 4.90 Å². The largest absolute Gasteiger partial charge is 0.379 e. The van der Waals surface area contributed by atoms with Crippen LogP contribution in [0.25, 0.3) is 0 Å². The molecule has 0 atom stereocenters. The Hall–Kier alpha value is -1.40. The molecule has 2 rings (SSSR count). The minimum atomic E-state index is 0.640. The standard InChI is InChI=1S/C11H19N5O/c1-12-11-14-3-2-10(15-11)13-4-5-16-6-8-17-9-7-16/h2-3H,4-9H2,1H3,(H2,12,13,14,15). The van der Waals surface area contributed by atoms with E-state index in [1.54, 1.807) is 6.20 Å². The van der Waals surface area contributed by atoms with Crippen molar-refractivity contribution in [2.75, 3.05) is 57.1 Å². The summed E-state index contributed by atoms with van der Waals surface area (Å²) in [6, 6.07) is 1.88. The fourth-order valence-electron chi connectivity index (χ4n) is 1.74. The zero-order chi connectivity index (χ0) is 11.9. The molecule has 0 amide bonds. The topological polar surface area (TPSA) is 62.3 Å². The summed E-state index contributed by atoms with van der Waals surface area (Å²) in [7, 11) is 1.81. The maximum atomic E-state index is 5.30. The van der Waals surface area contributed by atoms with Crippen LogP contribution in [-0.4, -0.2) is 61.3 Å². The average Bonchev–Trinajstić information content (AvgIpc) is 2.40. The maximum absolute atomic E-state index is 5.30. The van der Waals surface area contributed by atoms with Crippen molar-refractivity contribution in [1.82, 2.24) is 14.9 Å². The van der Waals surface area contributed by atoms with Gasteiger partial charge in [0.1, 0.15) is 5.82 Å². The Labute approximate surface area is 101 Å². The van der Waals surface area contributed by atoms with Gasteiger partial charge in [0.05, 0.1) is 13.2 Å². The molecular formula is C11H19N5O. The van der Waals surface area contributed by atoms with Gasteiger partial charge in [-0.1, -0.05) is 0 Å². The monoisotopic (exact) mass is 237 g/mol.